The van der Waals surface area contributed by atoms with E-state index in [0.29, 0.717) is 23.7 Å². The third kappa shape index (κ3) is 4.35. The molecule has 0 radical (unpaired) electrons. The van der Waals surface area contributed by atoms with Gasteiger partial charge in [0, 0.05) is 30.7 Å². The van der Waals surface area contributed by atoms with Crippen LogP contribution >= 0.6 is 11.3 Å². The molecule has 1 heterocycles. The number of benzene rings is 1. The van der Waals surface area contributed by atoms with Crippen molar-refractivity contribution in [1.29, 1.82) is 0 Å². The number of carbonyl (C=O) groups is 1. The lowest BCUT2D eigenvalue weighted by Gasteiger charge is -2.03. The second-order valence-corrected chi connectivity index (χ2v) is 5.96. The van der Waals surface area contributed by atoms with Gasteiger partial charge in [-0.3, -0.25) is 4.79 Å². The lowest BCUT2D eigenvalue weighted by molar-refractivity contribution is -0.120. The first kappa shape index (κ1) is 16.6. The third-order valence-electron chi connectivity index (χ3n) is 3.17. The molecular weight excluding hydrogens is 303 g/mol. The van der Waals surface area contributed by atoms with Gasteiger partial charge in [0.05, 0.1) is 12.1 Å². The minimum absolute atomic E-state index is 0.0528. The molecule has 22 heavy (non-hydrogen) atoms. The summed E-state index contributed by atoms with van der Waals surface area (Å²) >= 11 is 1.36. The normalized spacial score (nSPS) is 10.7. The van der Waals surface area contributed by atoms with Gasteiger partial charge in [-0.25, -0.2) is 9.37 Å². The number of hydrogen-bond acceptors (Lipinski definition) is 4. The number of ether oxygens (including phenoxy) is 1. The fourth-order valence-electron chi connectivity index (χ4n) is 1.99. The summed E-state index contributed by atoms with van der Waals surface area (Å²) in [4.78, 5) is 17.1. The number of methoxy groups -OCH3 is 1. The molecule has 0 unspecified atom stereocenters. The van der Waals surface area contributed by atoms with Crippen molar-refractivity contribution in [2.45, 2.75) is 19.8 Å². The topological polar surface area (TPSA) is 51.2 Å². The van der Waals surface area contributed by atoms with Crippen LogP contribution < -0.4 is 5.32 Å². The van der Waals surface area contributed by atoms with Crippen LogP contribution in [0.4, 0.5) is 4.39 Å². The SMILES string of the molecule is COCCCNC(=O)Cc1sc(-c2ccccc2F)nc1C. The number of carbonyl (C=O) groups excluding carboxylic acids is 1. The minimum Gasteiger partial charge on any atom is -0.385 e. The van der Waals surface area contributed by atoms with E-state index >= 15 is 0 Å². The van der Waals surface area contributed by atoms with E-state index in [1.54, 1.807) is 25.3 Å². The fourth-order valence-corrected chi connectivity index (χ4v) is 3.08. The van der Waals surface area contributed by atoms with Crippen molar-refractivity contribution < 1.29 is 13.9 Å². The number of thiazole rings is 1. The zero-order chi connectivity index (χ0) is 15.9. The Bertz CT molecular complexity index is 643. The fraction of sp³-hybridized carbons (Fsp3) is 0.375. The van der Waals surface area contributed by atoms with Crippen molar-refractivity contribution in [3.8, 4) is 10.6 Å². The van der Waals surface area contributed by atoms with Crippen molar-refractivity contribution >= 4 is 17.2 Å². The highest BCUT2D eigenvalue weighted by Crippen LogP contribution is 2.29. The molecule has 1 aromatic carbocycles. The lowest BCUT2D eigenvalue weighted by atomic mass is 10.2. The maximum atomic E-state index is 13.8. The van der Waals surface area contributed by atoms with Crippen LogP contribution in [0.3, 0.4) is 0 Å². The molecule has 0 aliphatic heterocycles. The summed E-state index contributed by atoms with van der Waals surface area (Å²) < 4.78 is 18.7. The average Bonchev–Trinajstić information content (AvgIpc) is 2.85. The van der Waals surface area contributed by atoms with Gasteiger partial charge in [-0.15, -0.1) is 11.3 Å². The third-order valence-corrected chi connectivity index (χ3v) is 4.36. The molecule has 2 rings (SSSR count). The largest absolute Gasteiger partial charge is 0.385 e. The summed E-state index contributed by atoms with van der Waals surface area (Å²) in [6.45, 7) is 3.05. The molecule has 0 fully saturated rings. The minimum atomic E-state index is -0.299. The Morgan fingerprint density at radius 2 is 2.18 bits per heavy atom. The molecule has 1 N–H and O–H groups in total. The van der Waals surface area contributed by atoms with Crippen LogP contribution in [0.25, 0.3) is 10.6 Å². The zero-order valence-corrected chi connectivity index (χ0v) is 13.5. The van der Waals surface area contributed by atoms with Gasteiger partial charge in [0.25, 0.3) is 0 Å². The Kier molecular flexibility index (Phi) is 6.03. The van der Waals surface area contributed by atoms with E-state index in [-0.39, 0.29) is 18.1 Å². The Labute approximate surface area is 133 Å². The number of aromatic nitrogens is 1. The first-order valence-corrected chi connectivity index (χ1v) is 7.90. The summed E-state index contributed by atoms with van der Waals surface area (Å²) in [5.41, 5.74) is 1.25. The molecule has 2 aromatic rings. The molecule has 0 atom stereocenters. The number of aryl methyl sites for hydroxylation is 1. The summed E-state index contributed by atoms with van der Waals surface area (Å²) in [6.07, 6.45) is 1.05. The summed E-state index contributed by atoms with van der Waals surface area (Å²) in [5, 5.41) is 3.45. The lowest BCUT2D eigenvalue weighted by Crippen LogP contribution is -2.26. The van der Waals surface area contributed by atoms with Crippen LogP contribution in [-0.4, -0.2) is 31.2 Å². The standard InChI is InChI=1S/C16H19FN2O2S/c1-11-14(10-15(20)18-8-5-9-21-2)22-16(19-11)12-6-3-4-7-13(12)17/h3-4,6-7H,5,8-10H2,1-2H3,(H,18,20). The number of nitrogens with one attached hydrogen (secondary N) is 1. The Balaban J connectivity index is 2.01. The highest BCUT2D eigenvalue weighted by atomic mass is 32.1. The molecule has 6 heteroatoms. The maximum Gasteiger partial charge on any atom is 0.225 e. The van der Waals surface area contributed by atoms with E-state index in [1.807, 2.05) is 6.92 Å². The Hall–Kier alpha value is -1.79. The summed E-state index contributed by atoms with van der Waals surface area (Å²) in [5.74, 6) is -0.352. The predicted molar refractivity (Wildman–Crippen MR) is 85.5 cm³/mol. The average molecular weight is 322 g/mol. The molecule has 0 aliphatic carbocycles. The van der Waals surface area contributed by atoms with Gasteiger partial charge < -0.3 is 10.1 Å². The van der Waals surface area contributed by atoms with Crippen LogP contribution in [0.1, 0.15) is 17.0 Å². The quantitative estimate of drug-likeness (QED) is 0.797. The van der Waals surface area contributed by atoms with Crippen molar-refractivity contribution in [3.63, 3.8) is 0 Å². The van der Waals surface area contributed by atoms with Crippen LogP contribution in [0, 0.1) is 12.7 Å². The Morgan fingerprint density at radius 1 is 1.41 bits per heavy atom. The van der Waals surface area contributed by atoms with Gasteiger partial charge in [-0.2, -0.15) is 0 Å². The predicted octanol–water partition coefficient (Wildman–Crippen LogP) is 2.95. The number of rotatable bonds is 7. The molecule has 1 aromatic heterocycles. The number of hydrogen-bond donors (Lipinski definition) is 1. The highest BCUT2D eigenvalue weighted by molar-refractivity contribution is 7.15. The van der Waals surface area contributed by atoms with Crippen molar-refractivity contribution in [3.05, 3.63) is 40.7 Å². The van der Waals surface area contributed by atoms with E-state index < -0.39 is 0 Å². The van der Waals surface area contributed by atoms with Gasteiger partial charge in [0.1, 0.15) is 10.8 Å². The Morgan fingerprint density at radius 3 is 2.91 bits per heavy atom. The number of nitrogens with zero attached hydrogens (tertiary/aromatic N) is 1. The molecule has 0 spiro atoms. The van der Waals surface area contributed by atoms with Crippen LogP contribution in [0.2, 0.25) is 0 Å². The van der Waals surface area contributed by atoms with Crippen LogP contribution in [0.15, 0.2) is 24.3 Å². The van der Waals surface area contributed by atoms with E-state index in [1.165, 1.54) is 17.4 Å². The smallest absolute Gasteiger partial charge is 0.225 e. The van der Waals surface area contributed by atoms with E-state index in [4.69, 9.17) is 4.74 Å². The number of amides is 1. The van der Waals surface area contributed by atoms with Gasteiger partial charge in [0.2, 0.25) is 5.91 Å². The van der Waals surface area contributed by atoms with E-state index in [0.717, 1.165) is 17.0 Å². The van der Waals surface area contributed by atoms with Crippen molar-refractivity contribution in [2.75, 3.05) is 20.3 Å². The van der Waals surface area contributed by atoms with Gasteiger partial charge in [-0.1, -0.05) is 12.1 Å². The number of halogens is 1. The monoisotopic (exact) mass is 322 g/mol. The highest BCUT2D eigenvalue weighted by Gasteiger charge is 2.14. The van der Waals surface area contributed by atoms with Gasteiger partial charge in [0.15, 0.2) is 0 Å². The van der Waals surface area contributed by atoms with Gasteiger partial charge in [-0.05, 0) is 25.5 Å². The molecule has 4 nitrogen and oxygen atoms in total. The summed E-state index contributed by atoms with van der Waals surface area (Å²) in [7, 11) is 1.63. The van der Waals surface area contributed by atoms with Crippen molar-refractivity contribution in [2.24, 2.45) is 0 Å². The molecule has 0 saturated heterocycles. The van der Waals surface area contributed by atoms with Crippen LogP contribution in [0.5, 0.6) is 0 Å². The zero-order valence-electron chi connectivity index (χ0n) is 12.7. The molecule has 0 aliphatic rings. The molecule has 0 saturated carbocycles. The second-order valence-electron chi connectivity index (χ2n) is 4.88. The van der Waals surface area contributed by atoms with E-state index in [2.05, 4.69) is 10.3 Å². The first-order chi connectivity index (χ1) is 10.6. The molecule has 0 bridgehead atoms. The van der Waals surface area contributed by atoms with Crippen LogP contribution in [-0.2, 0) is 16.0 Å². The molecular formula is C16H19FN2O2S. The first-order valence-electron chi connectivity index (χ1n) is 7.08. The van der Waals surface area contributed by atoms with Crippen molar-refractivity contribution in [1.82, 2.24) is 10.3 Å². The molecule has 118 valence electrons. The second kappa shape index (κ2) is 8.00. The molecule has 1 amide bonds. The van der Waals surface area contributed by atoms with Gasteiger partial charge >= 0.3 is 0 Å². The maximum absolute atomic E-state index is 13.8. The summed E-state index contributed by atoms with van der Waals surface area (Å²) in [6, 6.07) is 6.53. The van der Waals surface area contributed by atoms with E-state index in [9.17, 15) is 9.18 Å².